The van der Waals surface area contributed by atoms with Crippen molar-refractivity contribution < 1.29 is 4.79 Å². The van der Waals surface area contributed by atoms with Gasteiger partial charge in [0.1, 0.15) is 0 Å². The van der Waals surface area contributed by atoms with Crippen molar-refractivity contribution in [1.82, 2.24) is 10.2 Å². The zero-order valence-corrected chi connectivity index (χ0v) is 13.7. The van der Waals surface area contributed by atoms with E-state index in [4.69, 9.17) is 0 Å². The number of carbonyl (C=O) groups is 1. The van der Waals surface area contributed by atoms with Crippen molar-refractivity contribution in [1.29, 1.82) is 0 Å². The van der Waals surface area contributed by atoms with Crippen molar-refractivity contribution in [2.45, 2.75) is 30.4 Å². The standard InChI is InChI=1S/C15H22N2OS.ClH/c1-12(2)19-14-7-4-3-6-13(14)15(18)17-10-5-8-16-9-11-17;/h3-4,6-7,12,16H,5,8-11H2,1-2H3;1H. The van der Waals surface area contributed by atoms with Crippen molar-refractivity contribution in [3.63, 3.8) is 0 Å². The summed E-state index contributed by atoms with van der Waals surface area (Å²) < 4.78 is 0. The molecule has 0 spiro atoms. The van der Waals surface area contributed by atoms with E-state index in [-0.39, 0.29) is 18.3 Å². The van der Waals surface area contributed by atoms with Crippen LogP contribution in [0.1, 0.15) is 30.6 Å². The smallest absolute Gasteiger partial charge is 0.255 e. The SMILES string of the molecule is CC(C)Sc1ccccc1C(=O)N1CCCNCC1.Cl. The highest BCUT2D eigenvalue weighted by Crippen LogP contribution is 2.27. The maximum atomic E-state index is 12.6. The minimum atomic E-state index is 0. The number of benzene rings is 1. The van der Waals surface area contributed by atoms with Crippen molar-refractivity contribution in [2.75, 3.05) is 26.2 Å². The summed E-state index contributed by atoms with van der Waals surface area (Å²) in [7, 11) is 0. The fourth-order valence-electron chi connectivity index (χ4n) is 2.22. The highest BCUT2D eigenvalue weighted by Gasteiger charge is 2.20. The second kappa shape index (κ2) is 8.55. The molecular formula is C15H23ClN2OS. The van der Waals surface area contributed by atoms with Crippen LogP contribution in [0.5, 0.6) is 0 Å². The molecule has 3 nitrogen and oxygen atoms in total. The number of hydrogen-bond acceptors (Lipinski definition) is 3. The summed E-state index contributed by atoms with van der Waals surface area (Å²) in [5, 5.41) is 3.82. The molecule has 2 rings (SSSR count). The number of nitrogens with zero attached hydrogens (tertiary/aromatic N) is 1. The van der Waals surface area contributed by atoms with Crippen LogP contribution < -0.4 is 5.32 Å². The molecule has 20 heavy (non-hydrogen) atoms. The van der Waals surface area contributed by atoms with Crippen molar-refractivity contribution in [3.05, 3.63) is 29.8 Å². The van der Waals surface area contributed by atoms with Gasteiger partial charge in [0.05, 0.1) is 5.56 Å². The zero-order valence-electron chi connectivity index (χ0n) is 12.1. The molecule has 1 aliphatic rings. The van der Waals surface area contributed by atoms with Gasteiger partial charge in [0.2, 0.25) is 0 Å². The fraction of sp³-hybridized carbons (Fsp3) is 0.533. The summed E-state index contributed by atoms with van der Waals surface area (Å²) in [5.41, 5.74) is 0.850. The number of amides is 1. The van der Waals surface area contributed by atoms with Crippen LogP contribution in [0.3, 0.4) is 0 Å². The van der Waals surface area contributed by atoms with E-state index in [1.807, 2.05) is 29.2 Å². The quantitative estimate of drug-likeness (QED) is 0.870. The molecule has 0 aromatic heterocycles. The van der Waals surface area contributed by atoms with Gasteiger partial charge in [-0.15, -0.1) is 24.2 Å². The van der Waals surface area contributed by atoms with E-state index in [1.165, 1.54) is 0 Å². The van der Waals surface area contributed by atoms with Crippen molar-refractivity contribution in [3.8, 4) is 0 Å². The first-order chi connectivity index (χ1) is 9.18. The van der Waals surface area contributed by atoms with Gasteiger partial charge in [-0.25, -0.2) is 0 Å². The van der Waals surface area contributed by atoms with Crippen LogP contribution in [0.25, 0.3) is 0 Å². The Hall–Kier alpha value is -0.710. The normalized spacial score (nSPS) is 15.7. The molecule has 1 aromatic carbocycles. The molecule has 1 heterocycles. The van der Waals surface area contributed by atoms with Gasteiger partial charge in [0.25, 0.3) is 5.91 Å². The zero-order chi connectivity index (χ0) is 13.7. The molecule has 1 saturated heterocycles. The molecular weight excluding hydrogens is 292 g/mol. The fourth-order valence-corrected chi connectivity index (χ4v) is 3.17. The summed E-state index contributed by atoms with van der Waals surface area (Å²) in [4.78, 5) is 15.7. The highest BCUT2D eigenvalue weighted by molar-refractivity contribution is 8.00. The number of hydrogen-bond donors (Lipinski definition) is 1. The first kappa shape index (κ1) is 17.3. The monoisotopic (exact) mass is 314 g/mol. The van der Waals surface area contributed by atoms with Gasteiger partial charge < -0.3 is 10.2 Å². The Bertz CT molecular complexity index is 432. The average molecular weight is 315 g/mol. The second-order valence-electron chi connectivity index (χ2n) is 5.06. The predicted octanol–water partition coefficient (Wildman–Crippen LogP) is 3.04. The molecule has 0 bridgehead atoms. The maximum Gasteiger partial charge on any atom is 0.255 e. The van der Waals surface area contributed by atoms with Crippen LogP contribution in [0.2, 0.25) is 0 Å². The molecule has 5 heteroatoms. The summed E-state index contributed by atoms with van der Waals surface area (Å²) in [5.74, 6) is 0.174. The molecule has 1 amide bonds. The van der Waals surface area contributed by atoms with Crippen molar-refractivity contribution in [2.24, 2.45) is 0 Å². The lowest BCUT2D eigenvalue weighted by atomic mass is 10.2. The summed E-state index contributed by atoms with van der Waals surface area (Å²) in [6, 6.07) is 7.96. The van der Waals surface area contributed by atoms with Crippen LogP contribution >= 0.6 is 24.2 Å². The number of nitrogens with one attached hydrogen (secondary N) is 1. The Morgan fingerprint density at radius 3 is 2.75 bits per heavy atom. The molecule has 0 atom stereocenters. The summed E-state index contributed by atoms with van der Waals surface area (Å²) >= 11 is 1.76. The van der Waals surface area contributed by atoms with E-state index in [0.29, 0.717) is 5.25 Å². The van der Waals surface area contributed by atoms with Gasteiger partial charge in [0, 0.05) is 29.8 Å². The van der Waals surface area contributed by atoms with E-state index in [9.17, 15) is 4.79 Å². The Kier molecular flexibility index (Phi) is 7.41. The average Bonchev–Trinajstić information content (AvgIpc) is 2.67. The van der Waals surface area contributed by atoms with E-state index in [2.05, 4.69) is 19.2 Å². The molecule has 1 aromatic rings. The first-order valence-electron chi connectivity index (χ1n) is 6.94. The van der Waals surface area contributed by atoms with Crippen LogP contribution in [0, 0.1) is 0 Å². The molecule has 0 saturated carbocycles. The topological polar surface area (TPSA) is 32.3 Å². The number of rotatable bonds is 3. The van der Waals surface area contributed by atoms with E-state index in [0.717, 1.165) is 43.1 Å². The third kappa shape index (κ3) is 4.69. The van der Waals surface area contributed by atoms with Crippen LogP contribution in [-0.4, -0.2) is 42.2 Å². The third-order valence-electron chi connectivity index (χ3n) is 3.11. The summed E-state index contributed by atoms with van der Waals surface area (Å²) in [6.45, 7) is 7.87. The minimum absolute atomic E-state index is 0. The van der Waals surface area contributed by atoms with Gasteiger partial charge >= 0.3 is 0 Å². The lowest BCUT2D eigenvalue weighted by Crippen LogP contribution is -2.34. The minimum Gasteiger partial charge on any atom is -0.337 e. The largest absolute Gasteiger partial charge is 0.337 e. The van der Waals surface area contributed by atoms with Crippen LogP contribution in [0.15, 0.2) is 29.2 Å². The Balaban J connectivity index is 0.00000200. The van der Waals surface area contributed by atoms with Crippen LogP contribution in [0.4, 0.5) is 0 Å². The molecule has 0 unspecified atom stereocenters. The second-order valence-corrected chi connectivity index (χ2v) is 6.68. The van der Waals surface area contributed by atoms with Crippen molar-refractivity contribution >= 4 is 30.1 Å². The Morgan fingerprint density at radius 1 is 1.25 bits per heavy atom. The summed E-state index contributed by atoms with van der Waals surface area (Å²) in [6.07, 6.45) is 1.03. The molecule has 1 fully saturated rings. The van der Waals surface area contributed by atoms with Gasteiger partial charge in [-0.1, -0.05) is 26.0 Å². The molecule has 0 aliphatic carbocycles. The van der Waals surface area contributed by atoms with Gasteiger partial charge in [-0.2, -0.15) is 0 Å². The molecule has 1 aliphatic heterocycles. The highest BCUT2D eigenvalue weighted by atomic mass is 35.5. The Morgan fingerprint density at radius 2 is 2.00 bits per heavy atom. The first-order valence-corrected chi connectivity index (χ1v) is 7.82. The van der Waals surface area contributed by atoms with E-state index < -0.39 is 0 Å². The lowest BCUT2D eigenvalue weighted by Gasteiger charge is -2.21. The van der Waals surface area contributed by atoms with Crippen LogP contribution in [-0.2, 0) is 0 Å². The molecule has 1 N–H and O–H groups in total. The van der Waals surface area contributed by atoms with Gasteiger partial charge in [-0.05, 0) is 25.1 Å². The Labute approximate surface area is 131 Å². The van der Waals surface area contributed by atoms with Gasteiger partial charge in [0.15, 0.2) is 0 Å². The number of halogens is 1. The third-order valence-corrected chi connectivity index (χ3v) is 4.19. The molecule has 0 radical (unpaired) electrons. The van der Waals surface area contributed by atoms with E-state index >= 15 is 0 Å². The number of thioether (sulfide) groups is 1. The molecule has 112 valence electrons. The maximum absolute atomic E-state index is 12.6. The number of carbonyl (C=O) groups excluding carboxylic acids is 1. The predicted molar refractivity (Wildman–Crippen MR) is 88.1 cm³/mol. The van der Waals surface area contributed by atoms with Gasteiger partial charge in [-0.3, -0.25) is 4.79 Å². The van der Waals surface area contributed by atoms with E-state index in [1.54, 1.807) is 11.8 Å². The lowest BCUT2D eigenvalue weighted by molar-refractivity contribution is 0.0763.